The summed E-state index contributed by atoms with van der Waals surface area (Å²) in [7, 11) is 0. The minimum absolute atomic E-state index is 0.236. The number of fused-ring (bicyclic) bond motifs is 1. The number of aromatic nitrogens is 2. The fourth-order valence-electron chi connectivity index (χ4n) is 1.99. The zero-order valence-corrected chi connectivity index (χ0v) is 13.7. The molecule has 23 heavy (non-hydrogen) atoms. The van der Waals surface area contributed by atoms with Crippen molar-refractivity contribution >= 4 is 39.0 Å². The molecule has 0 atom stereocenters. The zero-order chi connectivity index (χ0) is 16.1. The predicted molar refractivity (Wildman–Crippen MR) is 92.5 cm³/mol. The second kappa shape index (κ2) is 7.15. The number of carbonyl (C=O) groups excluding carboxylic acids is 1. The molecule has 0 aliphatic rings. The van der Waals surface area contributed by atoms with E-state index in [9.17, 15) is 4.79 Å². The van der Waals surface area contributed by atoms with Crippen molar-refractivity contribution in [3.8, 4) is 0 Å². The quantitative estimate of drug-likeness (QED) is 0.512. The molecule has 3 rings (SSSR count). The summed E-state index contributed by atoms with van der Waals surface area (Å²) in [6.45, 7) is 0.236. The van der Waals surface area contributed by atoms with Gasteiger partial charge in [-0.05, 0) is 35.9 Å². The standard InChI is InChI=1S/C18H13BrN2O2/c19-14-7-5-13(6-8-14)12-23-18(22)10-9-15-11-20-16-3-1-2-4-17(16)21-15/h1-11H,12H2/b10-9+. The van der Waals surface area contributed by atoms with Crippen LogP contribution < -0.4 is 0 Å². The van der Waals surface area contributed by atoms with Crippen LogP contribution in [0.4, 0.5) is 0 Å². The Morgan fingerprint density at radius 1 is 1.09 bits per heavy atom. The van der Waals surface area contributed by atoms with Crippen LogP contribution in [0.25, 0.3) is 17.1 Å². The lowest BCUT2D eigenvalue weighted by Crippen LogP contribution is -2.00. The Bertz CT molecular complexity index is 860. The van der Waals surface area contributed by atoms with Crippen molar-refractivity contribution in [1.82, 2.24) is 9.97 Å². The average molecular weight is 369 g/mol. The van der Waals surface area contributed by atoms with Crippen LogP contribution in [0.5, 0.6) is 0 Å². The fourth-order valence-corrected chi connectivity index (χ4v) is 2.25. The Morgan fingerprint density at radius 3 is 2.61 bits per heavy atom. The Hall–Kier alpha value is -2.53. The number of nitrogens with zero attached hydrogens (tertiary/aromatic N) is 2. The van der Waals surface area contributed by atoms with Crippen molar-refractivity contribution in [2.45, 2.75) is 6.61 Å². The molecule has 0 amide bonds. The summed E-state index contributed by atoms with van der Waals surface area (Å²) < 4.78 is 6.18. The molecule has 5 heteroatoms. The summed E-state index contributed by atoms with van der Waals surface area (Å²) in [5, 5.41) is 0. The highest BCUT2D eigenvalue weighted by atomic mass is 79.9. The summed E-state index contributed by atoms with van der Waals surface area (Å²) in [5.41, 5.74) is 3.16. The van der Waals surface area contributed by atoms with Crippen LogP contribution in [0, 0.1) is 0 Å². The lowest BCUT2D eigenvalue weighted by Gasteiger charge is -2.02. The monoisotopic (exact) mass is 368 g/mol. The van der Waals surface area contributed by atoms with Gasteiger partial charge in [-0.2, -0.15) is 0 Å². The van der Waals surface area contributed by atoms with Gasteiger partial charge in [0.1, 0.15) is 6.61 Å². The van der Waals surface area contributed by atoms with Gasteiger partial charge in [0.2, 0.25) is 0 Å². The second-order valence-corrected chi connectivity index (χ2v) is 5.77. The molecule has 4 nitrogen and oxygen atoms in total. The minimum Gasteiger partial charge on any atom is -0.458 e. The van der Waals surface area contributed by atoms with Gasteiger partial charge in [-0.25, -0.2) is 9.78 Å². The maximum absolute atomic E-state index is 11.8. The molecule has 114 valence electrons. The predicted octanol–water partition coefficient (Wildman–Crippen LogP) is 4.15. The molecule has 1 heterocycles. The number of para-hydroxylation sites is 2. The number of ether oxygens (including phenoxy) is 1. The van der Waals surface area contributed by atoms with Crippen LogP contribution in [0.2, 0.25) is 0 Å². The van der Waals surface area contributed by atoms with Crippen LogP contribution >= 0.6 is 15.9 Å². The van der Waals surface area contributed by atoms with Crippen LogP contribution in [-0.4, -0.2) is 15.9 Å². The molecule has 0 radical (unpaired) electrons. The van der Waals surface area contributed by atoms with Crippen molar-refractivity contribution in [3.05, 3.63) is 76.5 Å². The zero-order valence-electron chi connectivity index (χ0n) is 12.1. The van der Waals surface area contributed by atoms with E-state index in [2.05, 4.69) is 25.9 Å². The first-order chi connectivity index (χ1) is 11.2. The maximum Gasteiger partial charge on any atom is 0.331 e. The van der Waals surface area contributed by atoms with Crippen molar-refractivity contribution < 1.29 is 9.53 Å². The molecule has 0 saturated carbocycles. The van der Waals surface area contributed by atoms with Gasteiger partial charge in [0.15, 0.2) is 0 Å². The number of rotatable bonds is 4. The van der Waals surface area contributed by atoms with Gasteiger partial charge in [-0.1, -0.05) is 40.2 Å². The second-order valence-electron chi connectivity index (χ2n) is 4.85. The molecule has 2 aromatic carbocycles. The highest BCUT2D eigenvalue weighted by Crippen LogP contribution is 2.12. The Labute approximate surface area is 142 Å². The third kappa shape index (κ3) is 4.23. The molecular formula is C18H13BrN2O2. The van der Waals surface area contributed by atoms with E-state index < -0.39 is 5.97 Å². The van der Waals surface area contributed by atoms with E-state index in [1.807, 2.05) is 48.5 Å². The summed E-state index contributed by atoms with van der Waals surface area (Å²) in [5.74, 6) is -0.414. The molecular weight excluding hydrogens is 356 g/mol. The Morgan fingerprint density at radius 2 is 1.83 bits per heavy atom. The van der Waals surface area contributed by atoms with Crippen LogP contribution in [-0.2, 0) is 16.1 Å². The summed E-state index contributed by atoms with van der Waals surface area (Å²) >= 11 is 3.36. The van der Waals surface area contributed by atoms with Gasteiger partial charge < -0.3 is 4.74 Å². The van der Waals surface area contributed by atoms with Gasteiger partial charge in [-0.15, -0.1) is 0 Å². The highest BCUT2D eigenvalue weighted by molar-refractivity contribution is 9.10. The van der Waals surface area contributed by atoms with Crippen molar-refractivity contribution in [3.63, 3.8) is 0 Å². The third-order valence-corrected chi connectivity index (χ3v) is 3.68. The molecule has 3 aromatic rings. The number of hydrogen-bond donors (Lipinski definition) is 0. The molecule has 0 fully saturated rings. The van der Waals surface area contributed by atoms with Crippen LogP contribution in [0.3, 0.4) is 0 Å². The first-order valence-corrected chi connectivity index (χ1v) is 7.81. The lowest BCUT2D eigenvalue weighted by atomic mass is 10.2. The van der Waals surface area contributed by atoms with E-state index in [1.54, 1.807) is 12.3 Å². The highest BCUT2D eigenvalue weighted by Gasteiger charge is 2.00. The third-order valence-electron chi connectivity index (χ3n) is 3.15. The van der Waals surface area contributed by atoms with E-state index >= 15 is 0 Å². The van der Waals surface area contributed by atoms with Gasteiger partial charge in [0, 0.05) is 10.5 Å². The number of halogens is 1. The molecule has 0 spiro atoms. The number of hydrogen-bond acceptors (Lipinski definition) is 4. The van der Waals surface area contributed by atoms with Crippen molar-refractivity contribution in [2.75, 3.05) is 0 Å². The normalized spacial score (nSPS) is 11.0. The van der Waals surface area contributed by atoms with E-state index in [-0.39, 0.29) is 6.61 Å². The number of carbonyl (C=O) groups is 1. The van der Waals surface area contributed by atoms with E-state index in [4.69, 9.17) is 4.74 Å². The maximum atomic E-state index is 11.8. The molecule has 0 bridgehead atoms. The van der Waals surface area contributed by atoms with Crippen molar-refractivity contribution in [1.29, 1.82) is 0 Å². The first kappa shape index (κ1) is 15.4. The molecule has 0 saturated heterocycles. The molecule has 0 unspecified atom stereocenters. The molecule has 1 aromatic heterocycles. The van der Waals surface area contributed by atoms with Gasteiger partial charge in [0.25, 0.3) is 0 Å². The molecule has 0 aliphatic heterocycles. The van der Waals surface area contributed by atoms with Gasteiger partial charge >= 0.3 is 5.97 Å². The summed E-state index contributed by atoms with van der Waals surface area (Å²) in [4.78, 5) is 20.5. The van der Waals surface area contributed by atoms with E-state index in [1.165, 1.54) is 6.08 Å². The topological polar surface area (TPSA) is 52.1 Å². The van der Waals surface area contributed by atoms with Crippen LogP contribution in [0.15, 0.2) is 65.3 Å². The fraction of sp³-hybridized carbons (Fsp3) is 0.0556. The van der Waals surface area contributed by atoms with E-state index in [0.29, 0.717) is 5.69 Å². The molecule has 0 N–H and O–H groups in total. The van der Waals surface area contributed by atoms with Crippen molar-refractivity contribution in [2.24, 2.45) is 0 Å². The minimum atomic E-state index is -0.414. The summed E-state index contributed by atoms with van der Waals surface area (Å²) in [6, 6.07) is 15.2. The van der Waals surface area contributed by atoms with Gasteiger partial charge in [-0.3, -0.25) is 4.98 Å². The summed E-state index contributed by atoms with van der Waals surface area (Å²) in [6.07, 6.45) is 4.59. The van der Waals surface area contributed by atoms with Crippen LogP contribution in [0.1, 0.15) is 11.3 Å². The average Bonchev–Trinajstić information content (AvgIpc) is 2.59. The van der Waals surface area contributed by atoms with Gasteiger partial charge in [0.05, 0.1) is 22.9 Å². The SMILES string of the molecule is O=C(/C=C/c1cnc2ccccc2n1)OCc1ccc(Br)cc1. The van der Waals surface area contributed by atoms with E-state index in [0.717, 1.165) is 21.1 Å². The number of benzene rings is 2. The lowest BCUT2D eigenvalue weighted by molar-refractivity contribution is -0.138. The first-order valence-electron chi connectivity index (χ1n) is 7.02. The number of esters is 1. The largest absolute Gasteiger partial charge is 0.458 e. The Balaban J connectivity index is 1.61. The smallest absolute Gasteiger partial charge is 0.331 e. The molecule has 0 aliphatic carbocycles. The Kier molecular flexibility index (Phi) is 4.78.